The summed E-state index contributed by atoms with van der Waals surface area (Å²) in [7, 11) is 0. The molecule has 1 fully saturated rings. The van der Waals surface area contributed by atoms with Gasteiger partial charge in [-0.15, -0.1) is 0 Å². The minimum Gasteiger partial charge on any atom is -0.462 e. The van der Waals surface area contributed by atoms with Crippen LogP contribution < -0.4 is 4.74 Å². The third-order valence-corrected chi connectivity index (χ3v) is 6.20. The summed E-state index contributed by atoms with van der Waals surface area (Å²) in [5.41, 5.74) is 0.119. The van der Waals surface area contributed by atoms with Gasteiger partial charge in [-0.1, -0.05) is 57.2 Å². The van der Waals surface area contributed by atoms with Crippen LogP contribution in [0.25, 0.3) is 0 Å². The highest BCUT2D eigenvalue weighted by molar-refractivity contribution is 9.12. The molecule has 33 heavy (non-hydrogen) atoms. The zero-order valence-corrected chi connectivity index (χ0v) is 20.4. The van der Waals surface area contributed by atoms with Crippen molar-refractivity contribution < 1.29 is 23.8 Å². The van der Waals surface area contributed by atoms with Crippen molar-refractivity contribution in [2.45, 2.75) is 33.3 Å². The summed E-state index contributed by atoms with van der Waals surface area (Å²) in [5, 5.41) is 9.66. The van der Waals surface area contributed by atoms with E-state index in [1.807, 2.05) is 57.2 Å². The highest BCUT2D eigenvalue weighted by Gasteiger charge is 2.62. The molecular formula is C26H26BrNO5. The molecule has 2 aromatic carbocycles. The number of benzene rings is 2. The number of nitriles is 1. The van der Waals surface area contributed by atoms with Crippen molar-refractivity contribution in [1.29, 1.82) is 5.26 Å². The molecule has 0 aromatic heterocycles. The first-order chi connectivity index (χ1) is 15.8. The van der Waals surface area contributed by atoms with Crippen molar-refractivity contribution in [1.82, 2.24) is 0 Å². The lowest BCUT2D eigenvalue weighted by atomic mass is 10.1. The van der Waals surface area contributed by atoms with E-state index in [1.54, 1.807) is 30.3 Å². The molecule has 1 saturated carbocycles. The molecule has 1 aliphatic rings. The molecule has 3 atom stereocenters. The van der Waals surface area contributed by atoms with Crippen LogP contribution in [0.15, 0.2) is 65.2 Å². The van der Waals surface area contributed by atoms with Crippen molar-refractivity contribution >= 4 is 27.9 Å². The highest BCUT2D eigenvalue weighted by atomic mass is 79.9. The maximum Gasteiger partial charge on any atom is 0.344 e. The van der Waals surface area contributed by atoms with Crippen LogP contribution in [0.1, 0.15) is 38.9 Å². The number of para-hydroxylation sites is 1. The molecule has 3 rings (SSSR count). The summed E-state index contributed by atoms with van der Waals surface area (Å²) in [6.07, 6.45) is 1.35. The number of carbonyl (C=O) groups is 2. The lowest BCUT2D eigenvalue weighted by Gasteiger charge is -2.13. The van der Waals surface area contributed by atoms with E-state index in [9.17, 15) is 14.9 Å². The predicted octanol–water partition coefficient (Wildman–Crippen LogP) is 6.09. The Kier molecular flexibility index (Phi) is 7.93. The van der Waals surface area contributed by atoms with Crippen LogP contribution in [0.3, 0.4) is 0 Å². The molecule has 0 bridgehead atoms. The van der Waals surface area contributed by atoms with E-state index < -0.39 is 29.4 Å². The summed E-state index contributed by atoms with van der Waals surface area (Å²) >= 11 is 3.25. The third-order valence-electron chi connectivity index (χ3n) is 5.61. The second-order valence-corrected chi connectivity index (χ2v) is 9.26. The summed E-state index contributed by atoms with van der Waals surface area (Å²) in [4.78, 5) is 24.9. The van der Waals surface area contributed by atoms with E-state index in [0.29, 0.717) is 23.7 Å². The molecule has 0 saturated heterocycles. The molecule has 0 amide bonds. The van der Waals surface area contributed by atoms with E-state index in [0.717, 1.165) is 6.42 Å². The minimum absolute atomic E-state index is 0.208. The van der Waals surface area contributed by atoms with Gasteiger partial charge in [-0.05, 0) is 57.9 Å². The van der Waals surface area contributed by atoms with Gasteiger partial charge >= 0.3 is 11.9 Å². The van der Waals surface area contributed by atoms with Gasteiger partial charge in [0.05, 0.1) is 17.0 Å². The second-order valence-electron chi connectivity index (χ2n) is 8.41. The van der Waals surface area contributed by atoms with E-state index in [-0.39, 0.29) is 10.4 Å². The Bertz CT molecular complexity index is 1070. The lowest BCUT2D eigenvalue weighted by molar-refractivity contribution is -0.149. The van der Waals surface area contributed by atoms with E-state index in [4.69, 9.17) is 14.2 Å². The van der Waals surface area contributed by atoms with Gasteiger partial charge in [0.2, 0.25) is 6.10 Å². The first-order valence-electron chi connectivity index (χ1n) is 10.7. The minimum atomic E-state index is -1.07. The molecule has 172 valence electrons. The van der Waals surface area contributed by atoms with Gasteiger partial charge in [-0.25, -0.2) is 4.79 Å². The molecule has 0 heterocycles. The smallest absolute Gasteiger partial charge is 0.344 e. The summed E-state index contributed by atoms with van der Waals surface area (Å²) < 4.78 is 16.8. The number of ether oxygens (including phenoxy) is 3. The topological polar surface area (TPSA) is 85.6 Å². The number of carbonyl (C=O) groups excluding carboxylic acids is 2. The van der Waals surface area contributed by atoms with Crippen LogP contribution in [0.4, 0.5) is 0 Å². The monoisotopic (exact) mass is 511 g/mol. The molecule has 1 aliphatic carbocycles. The van der Waals surface area contributed by atoms with E-state index in [2.05, 4.69) is 15.9 Å². The Balaban J connectivity index is 1.68. The SMILES string of the molecule is CCCOC(=O)/C(Br)=C/[C@H]1[C@@H](C(=O)O[C@H](C#N)c2cccc(Oc3ccccc3)c2)C1(C)C. The predicted molar refractivity (Wildman–Crippen MR) is 126 cm³/mol. The molecule has 0 unspecified atom stereocenters. The Morgan fingerprint density at radius 3 is 2.52 bits per heavy atom. The zero-order valence-electron chi connectivity index (χ0n) is 18.8. The van der Waals surface area contributed by atoms with E-state index in [1.165, 1.54) is 0 Å². The Hall–Kier alpha value is -3.11. The summed E-state index contributed by atoms with van der Waals surface area (Å²) in [5.74, 6) is -0.417. The van der Waals surface area contributed by atoms with Crippen LogP contribution in [-0.2, 0) is 19.1 Å². The molecule has 0 radical (unpaired) electrons. The molecule has 2 aromatic rings. The fourth-order valence-corrected chi connectivity index (χ4v) is 4.05. The normalized spacial score (nSPS) is 19.7. The van der Waals surface area contributed by atoms with Crippen LogP contribution in [0.5, 0.6) is 11.5 Å². The summed E-state index contributed by atoms with van der Waals surface area (Å²) in [6.45, 7) is 6.09. The number of nitrogens with zero attached hydrogens (tertiary/aromatic N) is 1. The molecular weight excluding hydrogens is 486 g/mol. The van der Waals surface area contributed by atoms with Gasteiger partial charge in [-0.2, -0.15) is 5.26 Å². The van der Waals surface area contributed by atoms with Crippen LogP contribution in [-0.4, -0.2) is 18.5 Å². The molecule has 7 heteroatoms. The van der Waals surface area contributed by atoms with Crippen LogP contribution >= 0.6 is 15.9 Å². The van der Waals surface area contributed by atoms with Gasteiger partial charge in [0.15, 0.2) is 0 Å². The van der Waals surface area contributed by atoms with Crippen LogP contribution in [0, 0.1) is 28.6 Å². The van der Waals surface area contributed by atoms with Gasteiger partial charge in [0.1, 0.15) is 17.6 Å². The molecule has 0 N–H and O–H groups in total. The van der Waals surface area contributed by atoms with Crippen molar-refractivity contribution in [3.63, 3.8) is 0 Å². The molecule has 0 aliphatic heterocycles. The average molecular weight is 512 g/mol. The first-order valence-corrected chi connectivity index (χ1v) is 11.5. The zero-order chi connectivity index (χ0) is 24.0. The first kappa shape index (κ1) is 24.5. The molecule has 0 spiro atoms. The van der Waals surface area contributed by atoms with E-state index >= 15 is 0 Å². The standard InChI is InChI=1S/C26H26BrNO5/c1-4-13-31-24(29)21(27)15-20-23(26(20,2)3)25(30)33-22(16-28)17-9-8-12-19(14-17)32-18-10-6-5-7-11-18/h5-12,14-15,20,22-23H,4,13H2,1-3H3/b21-15-/t20-,22+,23-/m0/s1. The average Bonchev–Trinajstić information content (AvgIpc) is 3.35. The maximum atomic E-state index is 12.9. The second kappa shape index (κ2) is 10.7. The van der Waals surface area contributed by atoms with Gasteiger partial charge < -0.3 is 14.2 Å². The maximum absolute atomic E-state index is 12.9. The van der Waals surface area contributed by atoms with Crippen molar-refractivity contribution in [2.24, 2.45) is 17.3 Å². The largest absolute Gasteiger partial charge is 0.462 e. The van der Waals surface area contributed by atoms with Gasteiger partial charge in [-0.3, -0.25) is 4.79 Å². The highest BCUT2D eigenvalue weighted by Crippen LogP contribution is 2.60. The fourth-order valence-electron chi connectivity index (χ4n) is 3.65. The van der Waals surface area contributed by atoms with Crippen molar-refractivity contribution in [3.05, 3.63) is 70.7 Å². The quantitative estimate of drug-likeness (QED) is 0.299. The summed E-state index contributed by atoms with van der Waals surface area (Å²) in [6, 6.07) is 18.2. The number of halogens is 1. The number of esters is 2. The number of hydrogen-bond acceptors (Lipinski definition) is 6. The lowest BCUT2D eigenvalue weighted by Crippen LogP contribution is -2.14. The fraction of sp³-hybridized carbons (Fsp3) is 0.346. The third kappa shape index (κ3) is 6.02. The van der Waals surface area contributed by atoms with Crippen molar-refractivity contribution in [3.8, 4) is 17.6 Å². The number of allylic oxidation sites excluding steroid dienone is 1. The Labute approximate surface area is 202 Å². The van der Waals surface area contributed by atoms with Gasteiger partial charge in [0.25, 0.3) is 0 Å². The Morgan fingerprint density at radius 2 is 1.85 bits per heavy atom. The Morgan fingerprint density at radius 1 is 1.15 bits per heavy atom. The number of rotatable bonds is 9. The number of hydrogen-bond donors (Lipinski definition) is 0. The molecule has 6 nitrogen and oxygen atoms in total. The van der Waals surface area contributed by atoms with Crippen molar-refractivity contribution in [2.75, 3.05) is 6.61 Å². The van der Waals surface area contributed by atoms with Crippen LogP contribution in [0.2, 0.25) is 0 Å². The van der Waals surface area contributed by atoms with Gasteiger partial charge in [0, 0.05) is 5.56 Å².